The van der Waals surface area contributed by atoms with Gasteiger partial charge in [0.2, 0.25) is 15.9 Å². The van der Waals surface area contributed by atoms with Crippen molar-refractivity contribution in [1.29, 1.82) is 0 Å². The van der Waals surface area contributed by atoms with Gasteiger partial charge in [-0.25, -0.2) is 12.7 Å². The smallest absolute Gasteiger partial charge is 0.225 e. The Morgan fingerprint density at radius 3 is 2.57 bits per heavy atom. The lowest BCUT2D eigenvalue weighted by Crippen LogP contribution is -2.33. The summed E-state index contributed by atoms with van der Waals surface area (Å²) in [6, 6.07) is 7.51. The molecule has 0 radical (unpaired) electrons. The first kappa shape index (κ1) is 17.7. The molecule has 0 saturated heterocycles. The summed E-state index contributed by atoms with van der Waals surface area (Å²) < 4.78 is 24.7. The molecule has 1 rings (SSSR count). The molecule has 6 heteroatoms. The van der Waals surface area contributed by atoms with Crippen molar-refractivity contribution in [3.05, 3.63) is 29.8 Å². The van der Waals surface area contributed by atoms with Crippen LogP contribution >= 0.6 is 0 Å². The van der Waals surface area contributed by atoms with Gasteiger partial charge in [-0.15, -0.1) is 0 Å². The molecule has 0 unspecified atom stereocenters. The molecular formula is C15H24N2O3S. The number of aryl methyl sites for hydroxylation is 1. The molecule has 0 aliphatic heterocycles. The van der Waals surface area contributed by atoms with Gasteiger partial charge in [-0.1, -0.05) is 25.5 Å². The highest BCUT2D eigenvalue weighted by Gasteiger charge is 2.17. The van der Waals surface area contributed by atoms with Gasteiger partial charge in [-0.05, 0) is 31.0 Å². The molecular weight excluding hydrogens is 288 g/mol. The normalized spacial score (nSPS) is 11.6. The Morgan fingerprint density at radius 2 is 2.00 bits per heavy atom. The van der Waals surface area contributed by atoms with Crippen LogP contribution in [0.25, 0.3) is 0 Å². The third-order valence-corrected chi connectivity index (χ3v) is 4.42. The lowest BCUT2D eigenvalue weighted by molar-refractivity contribution is -0.116. The van der Waals surface area contributed by atoms with E-state index in [1.165, 1.54) is 10.6 Å². The van der Waals surface area contributed by atoms with Crippen LogP contribution in [0, 0.1) is 6.92 Å². The number of unbranched alkanes of at least 4 members (excludes halogenated alkanes) is 1. The molecule has 21 heavy (non-hydrogen) atoms. The van der Waals surface area contributed by atoms with E-state index in [1.807, 2.05) is 38.1 Å². The molecule has 0 aromatic heterocycles. The number of rotatable bonds is 8. The summed E-state index contributed by atoms with van der Waals surface area (Å²) in [4.78, 5) is 11.9. The maximum Gasteiger partial charge on any atom is 0.225 e. The van der Waals surface area contributed by atoms with Crippen molar-refractivity contribution in [3.63, 3.8) is 0 Å². The number of sulfonamides is 1. The summed E-state index contributed by atoms with van der Waals surface area (Å²) in [5, 5.41) is 2.79. The fourth-order valence-electron chi connectivity index (χ4n) is 1.95. The van der Waals surface area contributed by atoms with Crippen LogP contribution in [-0.2, 0) is 14.8 Å². The number of nitrogens with one attached hydrogen (secondary N) is 1. The number of hydrogen-bond acceptors (Lipinski definition) is 3. The zero-order valence-corrected chi connectivity index (χ0v) is 13.7. The van der Waals surface area contributed by atoms with Crippen molar-refractivity contribution in [2.45, 2.75) is 33.1 Å². The van der Waals surface area contributed by atoms with Crippen LogP contribution in [-0.4, -0.2) is 38.0 Å². The summed E-state index contributed by atoms with van der Waals surface area (Å²) in [7, 11) is -3.26. The maximum atomic E-state index is 11.9. The number of hydrogen-bond donors (Lipinski definition) is 1. The summed E-state index contributed by atoms with van der Waals surface area (Å²) in [5.74, 6) is -0.175. The van der Waals surface area contributed by atoms with E-state index in [2.05, 4.69) is 5.32 Å². The predicted octanol–water partition coefficient (Wildman–Crippen LogP) is 2.39. The quantitative estimate of drug-likeness (QED) is 0.801. The minimum Gasteiger partial charge on any atom is -0.326 e. The molecule has 0 atom stereocenters. The molecule has 0 aliphatic rings. The molecule has 0 saturated carbocycles. The Labute approximate surface area is 127 Å². The first-order valence-electron chi connectivity index (χ1n) is 7.14. The Hall–Kier alpha value is -1.40. The minimum absolute atomic E-state index is 0.157. The van der Waals surface area contributed by atoms with Crippen molar-refractivity contribution < 1.29 is 13.2 Å². The van der Waals surface area contributed by atoms with E-state index < -0.39 is 10.0 Å². The monoisotopic (exact) mass is 312 g/mol. The number of anilines is 1. The number of carbonyl (C=O) groups is 1. The van der Waals surface area contributed by atoms with Gasteiger partial charge in [0.15, 0.2) is 0 Å². The van der Waals surface area contributed by atoms with Crippen LogP contribution in [0.4, 0.5) is 5.69 Å². The van der Waals surface area contributed by atoms with Crippen LogP contribution in [0.3, 0.4) is 0 Å². The molecule has 1 aromatic rings. The van der Waals surface area contributed by atoms with E-state index in [1.54, 1.807) is 0 Å². The summed E-state index contributed by atoms with van der Waals surface area (Å²) in [6.45, 7) is 4.64. The molecule has 0 fully saturated rings. The largest absolute Gasteiger partial charge is 0.326 e. The van der Waals surface area contributed by atoms with Gasteiger partial charge in [0, 0.05) is 25.2 Å². The third-order valence-electron chi connectivity index (χ3n) is 3.12. The van der Waals surface area contributed by atoms with E-state index in [0.29, 0.717) is 6.54 Å². The van der Waals surface area contributed by atoms with Crippen molar-refractivity contribution in [2.75, 3.05) is 24.7 Å². The molecule has 0 heterocycles. The van der Waals surface area contributed by atoms with Crippen LogP contribution in [0.15, 0.2) is 24.3 Å². The van der Waals surface area contributed by atoms with Gasteiger partial charge in [-0.3, -0.25) is 4.79 Å². The SMILES string of the molecule is CCCCN(CCC(=O)Nc1cccc(C)c1)S(C)(=O)=O. The van der Waals surface area contributed by atoms with Crippen LogP contribution in [0.1, 0.15) is 31.7 Å². The standard InChI is InChI=1S/C15H24N2O3S/c1-4-5-10-17(21(3,19)20)11-9-15(18)16-14-8-6-7-13(2)12-14/h6-8,12H,4-5,9-11H2,1-3H3,(H,16,18). The van der Waals surface area contributed by atoms with Gasteiger partial charge >= 0.3 is 0 Å². The van der Waals surface area contributed by atoms with Gasteiger partial charge in [0.05, 0.1) is 6.26 Å². The van der Waals surface area contributed by atoms with Gasteiger partial charge in [-0.2, -0.15) is 0 Å². The second kappa shape index (κ2) is 8.14. The Bertz CT molecular complexity index is 570. The Morgan fingerprint density at radius 1 is 1.29 bits per heavy atom. The molecule has 118 valence electrons. The lowest BCUT2D eigenvalue weighted by Gasteiger charge is -2.19. The van der Waals surface area contributed by atoms with E-state index in [-0.39, 0.29) is 18.9 Å². The number of nitrogens with zero attached hydrogens (tertiary/aromatic N) is 1. The molecule has 0 spiro atoms. The Kier molecular flexibility index (Phi) is 6.84. The minimum atomic E-state index is -3.26. The van der Waals surface area contributed by atoms with Crippen molar-refractivity contribution >= 4 is 21.6 Å². The average molecular weight is 312 g/mol. The van der Waals surface area contributed by atoms with Crippen LogP contribution in [0.5, 0.6) is 0 Å². The predicted molar refractivity (Wildman–Crippen MR) is 85.8 cm³/mol. The van der Waals surface area contributed by atoms with Crippen molar-refractivity contribution in [3.8, 4) is 0 Å². The molecule has 1 amide bonds. The van der Waals surface area contributed by atoms with Crippen molar-refractivity contribution in [1.82, 2.24) is 4.31 Å². The molecule has 5 nitrogen and oxygen atoms in total. The van der Waals surface area contributed by atoms with Crippen LogP contribution < -0.4 is 5.32 Å². The first-order chi connectivity index (χ1) is 9.82. The number of benzene rings is 1. The maximum absolute atomic E-state index is 11.9. The summed E-state index contributed by atoms with van der Waals surface area (Å²) >= 11 is 0. The highest BCUT2D eigenvalue weighted by Crippen LogP contribution is 2.10. The van der Waals surface area contributed by atoms with E-state index in [0.717, 1.165) is 24.1 Å². The van der Waals surface area contributed by atoms with E-state index in [4.69, 9.17) is 0 Å². The second-order valence-corrected chi connectivity index (χ2v) is 7.17. The first-order valence-corrected chi connectivity index (χ1v) is 8.99. The van der Waals surface area contributed by atoms with Gasteiger partial charge in [0.25, 0.3) is 0 Å². The summed E-state index contributed by atoms with van der Waals surface area (Å²) in [6.07, 6.45) is 3.06. The average Bonchev–Trinajstić information content (AvgIpc) is 2.37. The highest BCUT2D eigenvalue weighted by molar-refractivity contribution is 7.88. The fraction of sp³-hybridized carbons (Fsp3) is 0.533. The number of carbonyl (C=O) groups excluding carboxylic acids is 1. The number of amides is 1. The lowest BCUT2D eigenvalue weighted by atomic mass is 10.2. The zero-order valence-electron chi connectivity index (χ0n) is 12.9. The fourth-order valence-corrected chi connectivity index (χ4v) is 2.83. The second-order valence-electron chi connectivity index (χ2n) is 5.18. The zero-order chi connectivity index (χ0) is 15.9. The molecule has 1 N–H and O–H groups in total. The van der Waals surface area contributed by atoms with Crippen LogP contribution in [0.2, 0.25) is 0 Å². The third kappa shape index (κ3) is 6.73. The highest BCUT2D eigenvalue weighted by atomic mass is 32.2. The van der Waals surface area contributed by atoms with E-state index in [9.17, 15) is 13.2 Å². The van der Waals surface area contributed by atoms with Crippen molar-refractivity contribution in [2.24, 2.45) is 0 Å². The van der Waals surface area contributed by atoms with Gasteiger partial charge < -0.3 is 5.32 Å². The molecule has 1 aromatic carbocycles. The Balaban J connectivity index is 2.53. The van der Waals surface area contributed by atoms with Gasteiger partial charge in [0.1, 0.15) is 0 Å². The topological polar surface area (TPSA) is 66.5 Å². The van der Waals surface area contributed by atoms with E-state index >= 15 is 0 Å². The summed E-state index contributed by atoms with van der Waals surface area (Å²) in [5.41, 5.74) is 1.80. The molecule has 0 aliphatic carbocycles. The molecule has 0 bridgehead atoms.